The molecule has 0 saturated heterocycles. The number of carboxylic acid groups (broad SMARTS) is 1. The van der Waals surface area contributed by atoms with Crippen molar-refractivity contribution in [2.24, 2.45) is 5.92 Å². The van der Waals surface area contributed by atoms with Crippen molar-refractivity contribution in [3.63, 3.8) is 0 Å². The Bertz CT molecular complexity index is 1250. The van der Waals surface area contributed by atoms with Gasteiger partial charge in [-0.2, -0.15) is 5.10 Å². The van der Waals surface area contributed by atoms with Gasteiger partial charge >= 0.3 is 6.09 Å². The van der Waals surface area contributed by atoms with E-state index >= 15 is 0 Å². The van der Waals surface area contributed by atoms with Crippen LogP contribution in [-0.2, 0) is 4.43 Å². The molecule has 6 nitrogen and oxygen atoms in total. The number of halogens is 1. The van der Waals surface area contributed by atoms with Crippen LogP contribution in [0.1, 0.15) is 25.5 Å². The Morgan fingerprint density at radius 2 is 1.97 bits per heavy atom. The van der Waals surface area contributed by atoms with E-state index < -0.39 is 15.1 Å². The van der Waals surface area contributed by atoms with Gasteiger partial charge in [-0.05, 0) is 61.0 Å². The summed E-state index contributed by atoms with van der Waals surface area (Å²) in [4.78, 5) is 12.1. The first-order valence-electron chi connectivity index (χ1n) is 9.75. The van der Waals surface area contributed by atoms with Gasteiger partial charge in [0.25, 0.3) is 0 Å². The topological polar surface area (TPSA) is 80.1 Å². The van der Waals surface area contributed by atoms with Crippen molar-refractivity contribution in [2.45, 2.75) is 33.0 Å². The van der Waals surface area contributed by atoms with Crippen LogP contribution in [0.2, 0.25) is 18.1 Å². The van der Waals surface area contributed by atoms with Gasteiger partial charge in [0, 0.05) is 15.8 Å². The second-order valence-corrected chi connectivity index (χ2v) is 10.4. The highest BCUT2D eigenvalue weighted by atomic mass is 35.5. The first-order chi connectivity index (χ1) is 14.3. The molecule has 0 aliphatic rings. The maximum Gasteiger partial charge on any atom is 0.416 e. The third-order valence-corrected chi connectivity index (χ3v) is 6.04. The molecule has 1 unspecified atom stereocenters. The quantitative estimate of drug-likeness (QED) is 0.355. The molecule has 1 radical (unpaired) electrons. The van der Waals surface area contributed by atoms with Crippen LogP contribution in [-0.4, -0.2) is 35.0 Å². The summed E-state index contributed by atoms with van der Waals surface area (Å²) < 4.78 is 7.50. The molecule has 0 saturated carbocycles. The van der Waals surface area contributed by atoms with Crippen molar-refractivity contribution >= 4 is 48.5 Å². The fraction of sp³-hybridized carbons (Fsp3) is 0.273. The fourth-order valence-corrected chi connectivity index (χ4v) is 4.91. The monoisotopic (exact) mass is 440 g/mol. The number of H-pyrrole nitrogens is 1. The highest BCUT2D eigenvalue weighted by Gasteiger charge is 2.23. The van der Waals surface area contributed by atoms with E-state index in [1.165, 1.54) is 4.57 Å². The van der Waals surface area contributed by atoms with E-state index in [1.54, 1.807) is 12.1 Å². The van der Waals surface area contributed by atoms with Gasteiger partial charge in [-0.15, -0.1) is 0 Å². The molecule has 2 aromatic heterocycles. The molecule has 4 rings (SSSR count). The number of nitrogens with zero attached hydrogens (tertiary/aromatic N) is 2. The Morgan fingerprint density at radius 1 is 1.20 bits per heavy atom. The molecule has 30 heavy (non-hydrogen) atoms. The fourth-order valence-electron chi connectivity index (χ4n) is 3.82. The lowest BCUT2D eigenvalue weighted by atomic mass is 9.98. The van der Waals surface area contributed by atoms with Gasteiger partial charge in [0.1, 0.15) is 5.69 Å². The van der Waals surface area contributed by atoms with E-state index in [1.807, 2.05) is 30.3 Å². The van der Waals surface area contributed by atoms with Crippen LogP contribution in [0.5, 0.6) is 0 Å². The van der Waals surface area contributed by atoms with Gasteiger partial charge < -0.3 is 9.53 Å². The average Bonchev–Trinajstić information content (AvgIpc) is 3.25. The number of hydrogen-bond acceptors (Lipinski definition) is 3. The smallest absolute Gasteiger partial charge is 0.416 e. The van der Waals surface area contributed by atoms with Crippen molar-refractivity contribution in [2.75, 3.05) is 0 Å². The van der Waals surface area contributed by atoms with Gasteiger partial charge in [-0.25, -0.2) is 9.36 Å². The standard InChI is InChI=1S/C22H23ClN3O3Si/c1-12(2)21(29-30(3)4)13-5-8-18-14(9-13)10-19(26(18)22(27)28)20-16-7-6-15(23)11-17(16)24-25-20/h5-12,21H,1-4H3,(H,24,25)(H,27,28). The Hall–Kier alpha value is -2.61. The summed E-state index contributed by atoms with van der Waals surface area (Å²) in [7, 11) is -0.881. The van der Waals surface area contributed by atoms with Gasteiger partial charge in [-0.3, -0.25) is 5.10 Å². The molecule has 4 aromatic rings. The van der Waals surface area contributed by atoms with Gasteiger partial charge in [0.05, 0.1) is 22.8 Å². The number of fused-ring (bicyclic) bond motifs is 2. The molecule has 8 heteroatoms. The zero-order valence-corrected chi connectivity index (χ0v) is 19.0. The molecule has 0 amide bonds. The number of nitrogens with one attached hydrogen (secondary N) is 1. The third-order valence-electron chi connectivity index (χ3n) is 5.08. The van der Waals surface area contributed by atoms with E-state index in [9.17, 15) is 9.90 Å². The lowest BCUT2D eigenvalue weighted by Crippen LogP contribution is -2.18. The van der Waals surface area contributed by atoms with Crippen LogP contribution in [0.25, 0.3) is 33.2 Å². The Labute approximate surface area is 181 Å². The summed E-state index contributed by atoms with van der Waals surface area (Å²) in [6.45, 7) is 8.50. The zero-order chi connectivity index (χ0) is 21.6. The van der Waals surface area contributed by atoms with Crippen LogP contribution < -0.4 is 0 Å². The number of hydrogen-bond donors (Lipinski definition) is 2. The molecule has 0 aliphatic carbocycles. The summed E-state index contributed by atoms with van der Waals surface area (Å²) >= 11 is 6.07. The molecule has 155 valence electrons. The Balaban J connectivity index is 1.90. The van der Waals surface area contributed by atoms with Crippen LogP contribution in [0.4, 0.5) is 4.79 Å². The number of carbonyl (C=O) groups is 1. The first-order valence-corrected chi connectivity index (χ1v) is 12.5. The molecular weight excluding hydrogens is 418 g/mol. The summed E-state index contributed by atoms with van der Waals surface area (Å²) in [6.07, 6.45) is -1.08. The molecular formula is C22H23ClN3O3Si. The van der Waals surface area contributed by atoms with Crippen molar-refractivity contribution in [1.82, 2.24) is 14.8 Å². The second-order valence-electron chi connectivity index (χ2n) is 7.92. The van der Waals surface area contributed by atoms with E-state index in [0.717, 1.165) is 21.9 Å². The number of rotatable bonds is 5. The minimum Gasteiger partial charge on any atom is -0.464 e. The lowest BCUT2D eigenvalue weighted by molar-refractivity contribution is 0.155. The minimum atomic E-state index is -1.05. The van der Waals surface area contributed by atoms with E-state index in [2.05, 4.69) is 37.1 Å². The normalized spacial score (nSPS) is 13.0. The van der Waals surface area contributed by atoms with Crippen molar-refractivity contribution < 1.29 is 14.3 Å². The van der Waals surface area contributed by atoms with Gasteiger partial charge in [-0.1, -0.05) is 31.5 Å². The summed E-state index contributed by atoms with van der Waals surface area (Å²) in [6, 6.07) is 13.1. The molecule has 0 spiro atoms. The maximum atomic E-state index is 12.1. The second kappa shape index (κ2) is 7.90. The van der Waals surface area contributed by atoms with Crippen LogP contribution in [0.3, 0.4) is 0 Å². The molecule has 1 atom stereocenters. The molecule has 2 aromatic carbocycles. The SMILES string of the molecule is CC(C)C(O[Si](C)C)c1ccc2c(c1)cc(-c1n[nH]c3cc(Cl)ccc13)n2C(=O)O. The molecule has 0 aliphatic heterocycles. The summed E-state index contributed by atoms with van der Waals surface area (Å²) in [5.41, 5.74) is 3.52. The van der Waals surface area contributed by atoms with E-state index in [4.69, 9.17) is 16.0 Å². The van der Waals surface area contributed by atoms with Crippen LogP contribution in [0.15, 0.2) is 42.5 Å². The molecule has 2 heterocycles. The van der Waals surface area contributed by atoms with Crippen molar-refractivity contribution in [3.8, 4) is 11.4 Å². The van der Waals surface area contributed by atoms with E-state index in [0.29, 0.717) is 27.8 Å². The first kappa shape index (κ1) is 20.7. The van der Waals surface area contributed by atoms with E-state index in [-0.39, 0.29) is 6.10 Å². The predicted octanol–water partition coefficient (Wildman–Crippen LogP) is 6.33. The number of aromatic nitrogens is 3. The van der Waals surface area contributed by atoms with Crippen LogP contribution >= 0.6 is 11.6 Å². The molecule has 2 N–H and O–H groups in total. The number of benzene rings is 2. The van der Waals surface area contributed by atoms with Crippen LogP contribution in [0, 0.1) is 5.92 Å². The highest BCUT2D eigenvalue weighted by molar-refractivity contribution is 6.48. The Morgan fingerprint density at radius 3 is 2.63 bits per heavy atom. The Kier molecular flexibility index (Phi) is 5.44. The summed E-state index contributed by atoms with van der Waals surface area (Å²) in [5, 5.41) is 19.5. The molecule has 0 fully saturated rings. The molecule has 0 bridgehead atoms. The predicted molar refractivity (Wildman–Crippen MR) is 122 cm³/mol. The largest absolute Gasteiger partial charge is 0.464 e. The lowest BCUT2D eigenvalue weighted by Gasteiger charge is -2.24. The maximum absolute atomic E-state index is 12.1. The highest BCUT2D eigenvalue weighted by Crippen LogP contribution is 2.35. The average molecular weight is 441 g/mol. The van der Waals surface area contributed by atoms with Gasteiger partial charge in [0.15, 0.2) is 0 Å². The summed E-state index contributed by atoms with van der Waals surface area (Å²) in [5.74, 6) is 0.309. The zero-order valence-electron chi connectivity index (χ0n) is 17.2. The van der Waals surface area contributed by atoms with Gasteiger partial charge in [0.2, 0.25) is 9.04 Å². The van der Waals surface area contributed by atoms with Crippen molar-refractivity contribution in [1.29, 1.82) is 0 Å². The number of aromatic amines is 1. The third kappa shape index (κ3) is 3.64. The van der Waals surface area contributed by atoms with Crippen molar-refractivity contribution in [3.05, 3.63) is 53.1 Å². The minimum absolute atomic E-state index is 0.0247.